The summed E-state index contributed by atoms with van der Waals surface area (Å²) in [6.45, 7) is 2.11. The summed E-state index contributed by atoms with van der Waals surface area (Å²) in [5.74, 6) is 2.47. The lowest BCUT2D eigenvalue weighted by Crippen LogP contribution is -2.10. The van der Waals surface area contributed by atoms with Crippen LogP contribution in [0.5, 0.6) is 11.5 Å². The zero-order valence-corrected chi connectivity index (χ0v) is 14.2. The van der Waals surface area contributed by atoms with Crippen LogP contribution in [-0.4, -0.2) is 20.3 Å². The van der Waals surface area contributed by atoms with Crippen molar-refractivity contribution < 1.29 is 9.43 Å². The van der Waals surface area contributed by atoms with Crippen molar-refractivity contribution in [3.8, 4) is 22.9 Å². The van der Waals surface area contributed by atoms with Gasteiger partial charge in [0.15, 0.2) is 0 Å². The third-order valence-corrected chi connectivity index (χ3v) is 4.17. The summed E-state index contributed by atoms with van der Waals surface area (Å²) in [6.07, 6.45) is 7.61. The first-order chi connectivity index (χ1) is 12.2. The molecule has 0 saturated carbocycles. The Morgan fingerprint density at radius 1 is 1.08 bits per heavy atom. The summed E-state index contributed by atoms with van der Waals surface area (Å²) in [6, 6.07) is 16.2. The predicted molar refractivity (Wildman–Crippen MR) is 96.1 cm³/mol. The number of hydrogen-bond donors (Lipinski definition) is 0. The molecule has 5 nitrogen and oxygen atoms in total. The van der Waals surface area contributed by atoms with Crippen molar-refractivity contribution in [2.75, 3.05) is 0 Å². The van der Waals surface area contributed by atoms with Gasteiger partial charge in [-0.3, -0.25) is 0 Å². The molecule has 25 heavy (non-hydrogen) atoms. The van der Waals surface area contributed by atoms with Crippen LogP contribution in [0.2, 0.25) is 0 Å². The molecule has 0 saturated heterocycles. The summed E-state index contributed by atoms with van der Waals surface area (Å²) in [5, 5.41) is 4.38. The van der Waals surface area contributed by atoms with Gasteiger partial charge in [0.25, 0.3) is 0 Å². The smallest absolute Gasteiger partial charge is 0.236 e. The van der Waals surface area contributed by atoms with Gasteiger partial charge >= 0.3 is 0 Å². The van der Waals surface area contributed by atoms with Crippen LogP contribution < -0.4 is 4.74 Å². The van der Waals surface area contributed by atoms with E-state index in [0.717, 1.165) is 28.6 Å². The molecular weight excluding hydrogens is 312 g/mol. The molecule has 5 heteroatoms. The van der Waals surface area contributed by atoms with Crippen LogP contribution in [0.3, 0.4) is 0 Å². The zero-order chi connectivity index (χ0) is 17.2. The predicted octanol–water partition coefficient (Wildman–Crippen LogP) is 4.89. The Labute approximate surface area is 146 Å². The minimum atomic E-state index is 0.252. The van der Waals surface area contributed by atoms with E-state index in [9.17, 15) is 0 Å². The topological polar surface area (TPSA) is 42.4 Å². The second-order valence-corrected chi connectivity index (χ2v) is 6.03. The van der Waals surface area contributed by atoms with Gasteiger partial charge in [-0.2, -0.15) is 0 Å². The van der Waals surface area contributed by atoms with Crippen molar-refractivity contribution in [3.05, 3.63) is 73.2 Å². The average molecular weight is 331 g/mol. The molecule has 1 atom stereocenters. The maximum Gasteiger partial charge on any atom is 0.236 e. The molecule has 0 N–H and O–H groups in total. The van der Waals surface area contributed by atoms with Gasteiger partial charge < -0.3 is 9.30 Å². The van der Waals surface area contributed by atoms with E-state index in [1.165, 1.54) is 0 Å². The van der Waals surface area contributed by atoms with E-state index in [1.54, 1.807) is 6.20 Å². The zero-order valence-electron chi connectivity index (χ0n) is 14.2. The van der Waals surface area contributed by atoms with Crippen LogP contribution in [-0.2, 0) is 7.05 Å². The number of nitrogens with zero attached hydrogens (tertiary/aromatic N) is 4. The van der Waals surface area contributed by atoms with Crippen LogP contribution in [0.4, 0.5) is 5.69 Å². The fraction of sp³-hybridized carbons (Fsp3) is 0.150. The molecule has 0 spiro atoms. The van der Waals surface area contributed by atoms with Gasteiger partial charge in [0.2, 0.25) is 11.7 Å². The number of imidazole rings is 1. The van der Waals surface area contributed by atoms with E-state index < -0.39 is 0 Å². The average Bonchev–Trinajstić information content (AvgIpc) is 3.23. The summed E-state index contributed by atoms with van der Waals surface area (Å²) in [5.41, 5.74) is 2.03. The highest BCUT2D eigenvalue weighted by molar-refractivity contribution is 5.58. The molecule has 0 amide bonds. The van der Waals surface area contributed by atoms with Crippen LogP contribution in [0, 0.1) is 0 Å². The van der Waals surface area contributed by atoms with E-state index in [2.05, 4.69) is 23.1 Å². The van der Waals surface area contributed by atoms with Crippen LogP contribution in [0.15, 0.2) is 78.3 Å². The molecule has 1 aliphatic heterocycles. The number of azo groups is 2. The van der Waals surface area contributed by atoms with Gasteiger partial charge in [0, 0.05) is 44.1 Å². The van der Waals surface area contributed by atoms with E-state index in [4.69, 9.17) is 4.74 Å². The van der Waals surface area contributed by atoms with Gasteiger partial charge in [0.05, 0.1) is 12.3 Å². The first kappa shape index (κ1) is 15.3. The fourth-order valence-corrected chi connectivity index (χ4v) is 2.89. The van der Waals surface area contributed by atoms with Gasteiger partial charge in [-0.1, -0.05) is 22.9 Å². The highest BCUT2D eigenvalue weighted by atomic mass is 16.5. The molecule has 0 fully saturated rings. The first-order valence-corrected chi connectivity index (χ1v) is 8.23. The molecule has 2 heterocycles. The second kappa shape index (κ2) is 6.36. The Morgan fingerprint density at radius 2 is 1.88 bits per heavy atom. The summed E-state index contributed by atoms with van der Waals surface area (Å²) >= 11 is 0. The van der Waals surface area contributed by atoms with E-state index >= 15 is 0 Å². The molecule has 0 aliphatic carbocycles. The normalized spacial score (nSPS) is 16.1. The summed E-state index contributed by atoms with van der Waals surface area (Å²) < 4.78 is 10.0. The van der Waals surface area contributed by atoms with E-state index in [1.807, 2.05) is 77.2 Å². The quantitative estimate of drug-likeness (QED) is 0.639. The molecule has 3 aromatic rings. The molecule has 124 valence electrons. The SMILES string of the molecule is CC1C=CN=[N+]1c1cccc(Oc2cccc(-c3nccn3C)c2)c1. The summed E-state index contributed by atoms with van der Waals surface area (Å²) in [7, 11) is 1.98. The Kier molecular flexibility index (Phi) is 3.90. The highest BCUT2D eigenvalue weighted by Crippen LogP contribution is 2.29. The molecule has 4 rings (SSSR count). The fourth-order valence-electron chi connectivity index (χ4n) is 2.89. The van der Waals surface area contributed by atoms with Gasteiger partial charge in [-0.15, -0.1) is 0 Å². The standard InChI is InChI=1S/C20H19N4O/c1-15-9-10-22-24(15)17-6-4-8-19(14-17)25-18-7-3-5-16(13-18)20-21-11-12-23(20)2/h3-15H,1-2H3/q+1. The number of rotatable bonds is 4. The first-order valence-electron chi connectivity index (χ1n) is 8.23. The van der Waals surface area contributed by atoms with E-state index in [-0.39, 0.29) is 6.04 Å². The van der Waals surface area contributed by atoms with Gasteiger partial charge in [-0.05, 0) is 23.3 Å². The lowest BCUT2D eigenvalue weighted by atomic mass is 10.2. The molecular formula is C20H19N4O+. The maximum absolute atomic E-state index is 6.07. The van der Waals surface area contributed by atoms with Crippen molar-refractivity contribution in [1.29, 1.82) is 0 Å². The number of benzene rings is 2. The third-order valence-electron chi connectivity index (χ3n) is 4.17. The van der Waals surface area contributed by atoms with Gasteiger partial charge in [0.1, 0.15) is 17.3 Å². The second-order valence-electron chi connectivity index (χ2n) is 6.03. The van der Waals surface area contributed by atoms with Crippen LogP contribution in [0.1, 0.15) is 6.92 Å². The number of hydrogen-bond acceptors (Lipinski definition) is 3. The van der Waals surface area contributed by atoms with Crippen LogP contribution >= 0.6 is 0 Å². The van der Waals surface area contributed by atoms with Crippen molar-refractivity contribution in [1.82, 2.24) is 9.55 Å². The third kappa shape index (κ3) is 3.08. The van der Waals surface area contributed by atoms with E-state index in [0.29, 0.717) is 0 Å². The van der Waals surface area contributed by atoms with Crippen molar-refractivity contribution in [3.63, 3.8) is 0 Å². The monoisotopic (exact) mass is 331 g/mol. The molecule has 1 unspecified atom stereocenters. The lowest BCUT2D eigenvalue weighted by Gasteiger charge is -2.08. The number of ether oxygens (including phenoxy) is 1. The lowest BCUT2D eigenvalue weighted by molar-refractivity contribution is -0.526. The Hall–Kier alpha value is -3.21. The number of aryl methyl sites for hydroxylation is 1. The molecule has 1 aromatic heterocycles. The van der Waals surface area contributed by atoms with Crippen molar-refractivity contribution in [2.45, 2.75) is 13.0 Å². The minimum Gasteiger partial charge on any atom is -0.457 e. The Morgan fingerprint density at radius 3 is 2.60 bits per heavy atom. The Balaban J connectivity index is 1.60. The van der Waals surface area contributed by atoms with Crippen LogP contribution in [0.25, 0.3) is 11.4 Å². The van der Waals surface area contributed by atoms with Gasteiger partial charge in [-0.25, -0.2) is 4.98 Å². The maximum atomic E-state index is 6.07. The van der Waals surface area contributed by atoms with Crippen molar-refractivity contribution in [2.24, 2.45) is 12.2 Å². The Bertz CT molecular complexity index is 971. The summed E-state index contributed by atoms with van der Waals surface area (Å²) in [4.78, 5) is 4.39. The molecule has 1 aliphatic rings. The minimum absolute atomic E-state index is 0.252. The number of aromatic nitrogens is 2. The highest BCUT2D eigenvalue weighted by Gasteiger charge is 2.22. The molecule has 2 aromatic carbocycles. The largest absolute Gasteiger partial charge is 0.457 e. The molecule has 0 radical (unpaired) electrons. The van der Waals surface area contributed by atoms with Crippen molar-refractivity contribution >= 4 is 5.69 Å². The molecule has 0 bridgehead atoms.